The monoisotopic (exact) mass is 249 g/mol. The summed E-state index contributed by atoms with van der Waals surface area (Å²) in [4.78, 5) is 16.2. The summed E-state index contributed by atoms with van der Waals surface area (Å²) in [6, 6.07) is 3.78. The Kier molecular flexibility index (Phi) is 4.28. The van der Waals surface area contributed by atoms with Gasteiger partial charge in [-0.3, -0.25) is 9.78 Å². The van der Waals surface area contributed by atoms with Gasteiger partial charge in [-0.25, -0.2) is 0 Å². The fourth-order valence-corrected chi connectivity index (χ4v) is 2.16. The first-order valence-electron chi connectivity index (χ1n) is 6.22. The van der Waals surface area contributed by atoms with Gasteiger partial charge in [0.05, 0.1) is 5.41 Å². The molecule has 0 radical (unpaired) electrons. The van der Waals surface area contributed by atoms with Crippen LogP contribution in [0.3, 0.4) is 0 Å². The SMILES string of the molecule is NCC1(C(=O)NCc2ccncc2)CCOCC1. The molecule has 18 heavy (non-hydrogen) atoms. The van der Waals surface area contributed by atoms with E-state index < -0.39 is 5.41 Å². The first-order valence-corrected chi connectivity index (χ1v) is 6.22. The van der Waals surface area contributed by atoms with Gasteiger partial charge in [0.15, 0.2) is 0 Å². The molecule has 5 nitrogen and oxygen atoms in total. The lowest BCUT2D eigenvalue weighted by molar-refractivity contribution is -0.136. The Morgan fingerprint density at radius 3 is 2.67 bits per heavy atom. The zero-order chi connectivity index (χ0) is 12.8. The lowest BCUT2D eigenvalue weighted by Gasteiger charge is -2.34. The van der Waals surface area contributed by atoms with Crippen LogP contribution in [0.4, 0.5) is 0 Å². The predicted molar refractivity (Wildman–Crippen MR) is 67.6 cm³/mol. The van der Waals surface area contributed by atoms with E-state index in [-0.39, 0.29) is 5.91 Å². The van der Waals surface area contributed by atoms with E-state index in [1.54, 1.807) is 12.4 Å². The van der Waals surface area contributed by atoms with Crippen molar-refractivity contribution in [3.05, 3.63) is 30.1 Å². The molecule has 1 aromatic heterocycles. The Balaban J connectivity index is 1.94. The Bertz CT molecular complexity index is 388. The van der Waals surface area contributed by atoms with Crippen LogP contribution in [-0.4, -0.2) is 30.6 Å². The third kappa shape index (κ3) is 2.86. The molecule has 0 saturated carbocycles. The molecule has 1 aliphatic rings. The maximum Gasteiger partial charge on any atom is 0.227 e. The van der Waals surface area contributed by atoms with Crippen molar-refractivity contribution in [2.45, 2.75) is 19.4 Å². The van der Waals surface area contributed by atoms with Crippen LogP contribution in [0, 0.1) is 5.41 Å². The van der Waals surface area contributed by atoms with E-state index >= 15 is 0 Å². The number of amides is 1. The van der Waals surface area contributed by atoms with Crippen LogP contribution < -0.4 is 11.1 Å². The Labute approximate surface area is 107 Å². The van der Waals surface area contributed by atoms with Crippen LogP contribution in [-0.2, 0) is 16.1 Å². The van der Waals surface area contributed by atoms with Gasteiger partial charge in [-0.1, -0.05) is 0 Å². The fraction of sp³-hybridized carbons (Fsp3) is 0.538. The minimum Gasteiger partial charge on any atom is -0.381 e. The van der Waals surface area contributed by atoms with Crippen molar-refractivity contribution in [1.29, 1.82) is 0 Å². The molecule has 2 heterocycles. The molecule has 1 fully saturated rings. The van der Waals surface area contributed by atoms with Gasteiger partial charge < -0.3 is 15.8 Å². The lowest BCUT2D eigenvalue weighted by atomic mass is 9.79. The maximum absolute atomic E-state index is 12.3. The van der Waals surface area contributed by atoms with Crippen molar-refractivity contribution in [1.82, 2.24) is 10.3 Å². The highest BCUT2D eigenvalue weighted by molar-refractivity contribution is 5.83. The standard InChI is InChI=1S/C13H19N3O2/c14-10-13(3-7-18-8-4-13)12(17)16-9-11-1-5-15-6-2-11/h1-2,5-6H,3-4,7-10,14H2,(H,16,17). The molecule has 0 bridgehead atoms. The highest BCUT2D eigenvalue weighted by Gasteiger charge is 2.38. The summed E-state index contributed by atoms with van der Waals surface area (Å²) >= 11 is 0. The van der Waals surface area contributed by atoms with Gasteiger partial charge in [-0.2, -0.15) is 0 Å². The van der Waals surface area contributed by atoms with Crippen LogP contribution >= 0.6 is 0 Å². The van der Waals surface area contributed by atoms with Crippen molar-refractivity contribution in [2.75, 3.05) is 19.8 Å². The summed E-state index contributed by atoms with van der Waals surface area (Å²) in [7, 11) is 0. The third-order valence-electron chi connectivity index (χ3n) is 3.52. The number of nitrogens with two attached hydrogens (primary N) is 1. The van der Waals surface area contributed by atoms with E-state index in [0.29, 0.717) is 39.1 Å². The van der Waals surface area contributed by atoms with E-state index in [0.717, 1.165) is 5.56 Å². The molecule has 0 atom stereocenters. The maximum atomic E-state index is 12.3. The number of hydrogen-bond donors (Lipinski definition) is 2. The summed E-state index contributed by atoms with van der Waals surface area (Å²) in [6.45, 7) is 2.11. The van der Waals surface area contributed by atoms with Gasteiger partial charge >= 0.3 is 0 Å². The number of carbonyl (C=O) groups is 1. The molecule has 0 spiro atoms. The average molecular weight is 249 g/mol. The number of hydrogen-bond acceptors (Lipinski definition) is 4. The summed E-state index contributed by atoms with van der Waals surface area (Å²) in [5.41, 5.74) is 6.37. The molecule has 98 valence electrons. The predicted octanol–water partition coefficient (Wildman–Crippen LogP) is 0.453. The van der Waals surface area contributed by atoms with Crippen molar-refractivity contribution in [3.8, 4) is 0 Å². The second kappa shape index (κ2) is 5.93. The molecule has 3 N–H and O–H groups in total. The van der Waals surface area contributed by atoms with Gasteiger partial charge in [-0.15, -0.1) is 0 Å². The normalized spacial score (nSPS) is 18.3. The molecule has 1 aliphatic heterocycles. The van der Waals surface area contributed by atoms with Gasteiger partial charge in [0.1, 0.15) is 0 Å². The number of carbonyl (C=O) groups excluding carboxylic acids is 1. The number of ether oxygens (including phenoxy) is 1. The summed E-state index contributed by atoms with van der Waals surface area (Å²) in [5, 5.41) is 2.96. The molecule has 0 aliphatic carbocycles. The number of nitrogens with one attached hydrogen (secondary N) is 1. The van der Waals surface area contributed by atoms with Crippen LogP contribution in [0.25, 0.3) is 0 Å². The average Bonchev–Trinajstić information content (AvgIpc) is 2.46. The quantitative estimate of drug-likeness (QED) is 0.812. The topological polar surface area (TPSA) is 77.2 Å². The Morgan fingerprint density at radius 2 is 2.06 bits per heavy atom. The minimum atomic E-state index is -0.453. The van der Waals surface area contributed by atoms with Crippen molar-refractivity contribution in [2.24, 2.45) is 11.1 Å². The molecule has 1 amide bonds. The minimum absolute atomic E-state index is 0.0325. The van der Waals surface area contributed by atoms with Crippen LogP contribution in [0.15, 0.2) is 24.5 Å². The molecule has 1 aromatic rings. The molecule has 2 rings (SSSR count). The number of nitrogens with zero attached hydrogens (tertiary/aromatic N) is 1. The number of rotatable bonds is 4. The molecular weight excluding hydrogens is 230 g/mol. The Morgan fingerprint density at radius 1 is 1.39 bits per heavy atom. The fourth-order valence-electron chi connectivity index (χ4n) is 2.16. The van der Waals surface area contributed by atoms with Crippen LogP contribution in [0.2, 0.25) is 0 Å². The largest absolute Gasteiger partial charge is 0.381 e. The molecule has 0 unspecified atom stereocenters. The third-order valence-corrected chi connectivity index (χ3v) is 3.52. The molecule has 1 saturated heterocycles. The van der Waals surface area contributed by atoms with Crippen LogP contribution in [0.5, 0.6) is 0 Å². The number of aromatic nitrogens is 1. The number of pyridine rings is 1. The lowest BCUT2D eigenvalue weighted by Crippen LogP contribution is -2.48. The second-order valence-electron chi connectivity index (χ2n) is 4.63. The molecule has 5 heteroatoms. The summed E-state index contributed by atoms with van der Waals surface area (Å²) in [6.07, 6.45) is 4.83. The summed E-state index contributed by atoms with van der Waals surface area (Å²) < 4.78 is 5.30. The zero-order valence-corrected chi connectivity index (χ0v) is 10.4. The van der Waals surface area contributed by atoms with Crippen molar-refractivity contribution >= 4 is 5.91 Å². The second-order valence-corrected chi connectivity index (χ2v) is 4.63. The molecular formula is C13H19N3O2. The van der Waals surface area contributed by atoms with E-state index in [4.69, 9.17) is 10.5 Å². The zero-order valence-electron chi connectivity index (χ0n) is 10.4. The van der Waals surface area contributed by atoms with Gasteiger partial charge in [0.2, 0.25) is 5.91 Å². The van der Waals surface area contributed by atoms with Crippen molar-refractivity contribution in [3.63, 3.8) is 0 Å². The van der Waals surface area contributed by atoms with Crippen molar-refractivity contribution < 1.29 is 9.53 Å². The highest BCUT2D eigenvalue weighted by Crippen LogP contribution is 2.29. The Hall–Kier alpha value is -1.46. The van der Waals surface area contributed by atoms with Gasteiger partial charge in [0, 0.05) is 38.7 Å². The smallest absolute Gasteiger partial charge is 0.227 e. The van der Waals surface area contributed by atoms with E-state index in [9.17, 15) is 4.79 Å². The first-order chi connectivity index (χ1) is 8.77. The summed E-state index contributed by atoms with van der Waals surface area (Å²) in [5.74, 6) is 0.0325. The highest BCUT2D eigenvalue weighted by atomic mass is 16.5. The van der Waals surface area contributed by atoms with E-state index in [1.165, 1.54) is 0 Å². The van der Waals surface area contributed by atoms with Gasteiger partial charge in [-0.05, 0) is 30.5 Å². The van der Waals surface area contributed by atoms with E-state index in [1.807, 2.05) is 12.1 Å². The van der Waals surface area contributed by atoms with Crippen LogP contribution in [0.1, 0.15) is 18.4 Å². The van der Waals surface area contributed by atoms with Gasteiger partial charge in [0.25, 0.3) is 0 Å². The van der Waals surface area contributed by atoms with E-state index in [2.05, 4.69) is 10.3 Å². The molecule has 0 aromatic carbocycles. The first kappa shape index (κ1) is 13.0.